The van der Waals surface area contributed by atoms with Gasteiger partial charge in [0.05, 0.1) is 6.54 Å². The van der Waals surface area contributed by atoms with Crippen LogP contribution in [0, 0.1) is 19.7 Å². The maximum atomic E-state index is 13.3. The second-order valence-corrected chi connectivity index (χ2v) is 5.19. The second kappa shape index (κ2) is 8.17. The van der Waals surface area contributed by atoms with Crippen LogP contribution >= 0.6 is 0 Å². The lowest BCUT2D eigenvalue weighted by atomic mass is 10.1. The average Bonchev–Trinajstić information content (AvgIpc) is 2.54. The number of carbonyl (C=O) groups is 1. The highest BCUT2D eigenvalue weighted by Crippen LogP contribution is 2.18. The molecule has 0 bridgehead atoms. The fourth-order valence-electron chi connectivity index (χ4n) is 1.97. The smallest absolute Gasteiger partial charge is 0.258 e. The molecule has 0 aliphatic heterocycles. The van der Waals surface area contributed by atoms with Crippen LogP contribution in [-0.4, -0.2) is 25.7 Å². The zero-order valence-electron chi connectivity index (χ0n) is 13.3. The number of benzene rings is 2. The molecule has 2 aromatic rings. The Bertz CT molecular complexity index is 673. The fraction of sp³-hybridized carbons (Fsp3) is 0.278. The lowest BCUT2D eigenvalue weighted by Gasteiger charge is -2.11. The van der Waals surface area contributed by atoms with Crippen LogP contribution in [0.5, 0.6) is 11.5 Å². The normalized spacial score (nSPS) is 10.2. The predicted molar refractivity (Wildman–Crippen MR) is 86.3 cm³/mol. The summed E-state index contributed by atoms with van der Waals surface area (Å²) in [5.74, 6) is 0.0625. The molecule has 122 valence electrons. The van der Waals surface area contributed by atoms with Crippen LogP contribution in [0.4, 0.5) is 4.39 Å². The van der Waals surface area contributed by atoms with E-state index in [0.717, 1.165) is 16.9 Å². The quantitative estimate of drug-likeness (QED) is 0.799. The number of rotatable bonds is 7. The van der Waals surface area contributed by atoms with Crippen LogP contribution in [0.2, 0.25) is 0 Å². The van der Waals surface area contributed by atoms with E-state index in [4.69, 9.17) is 9.47 Å². The summed E-state index contributed by atoms with van der Waals surface area (Å²) in [6.45, 7) is 4.44. The second-order valence-electron chi connectivity index (χ2n) is 5.19. The molecule has 0 aromatic heterocycles. The van der Waals surface area contributed by atoms with Crippen LogP contribution < -0.4 is 14.8 Å². The Hall–Kier alpha value is -2.56. The summed E-state index contributed by atoms with van der Waals surface area (Å²) in [5.41, 5.74) is 2.16. The summed E-state index contributed by atoms with van der Waals surface area (Å²) in [6, 6.07) is 11.9. The monoisotopic (exact) mass is 317 g/mol. The van der Waals surface area contributed by atoms with Crippen molar-refractivity contribution in [2.45, 2.75) is 13.8 Å². The topological polar surface area (TPSA) is 47.6 Å². The van der Waals surface area contributed by atoms with Gasteiger partial charge in [0.2, 0.25) is 0 Å². The third kappa shape index (κ3) is 5.29. The van der Waals surface area contributed by atoms with Gasteiger partial charge in [-0.25, -0.2) is 4.39 Å². The highest BCUT2D eigenvalue weighted by atomic mass is 19.1. The standard InChI is InChI=1S/C18H20FNO3/c1-13-7-8-14(2)17(11-13)22-10-9-20-18(21)12-23-16-6-4-3-5-15(16)19/h3-8,11H,9-10,12H2,1-2H3,(H,20,21). The first-order valence-electron chi connectivity index (χ1n) is 7.40. The van der Waals surface area contributed by atoms with Crippen molar-refractivity contribution in [1.82, 2.24) is 5.32 Å². The molecule has 2 rings (SSSR count). The number of hydrogen-bond donors (Lipinski definition) is 1. The minimum absolute atomic E-state index is 0.0642. The average molecular weight is 317 g/mol. The van der Waals surface area contributed by atoms with Gasteiger partial charge in [-0.2, -0.15) is 0 Å². The number of halogens is 1. The first kappa shape index (κ1) is 16.8. The SMILES string of the molecule is Cc1ccc(C)c(OCCNC(=O)COc2ccccc2F)c1. The van der Waals surface area contributed by atoms with Gasteiger partial charge in [0.1, 0.15) is 12.4 Å². The molecule has 0 saturated carbocycles. The molecular weight excluding hydrogens is 297 g/mol. The molecule has 23 heavy (non-hydrogen) atoms. The van der Waals surface area contributed by atoms with E-state index in [1.165, 1.54) is 12.1 Å². The van der Waals surface area contributed by atoms with Crippen LogP contribution in [0.15, 0.2) is 42.5 Å². The Morgan fingerprint density at radius 2 is 1.87 bits per heavy atom. The molecule has 0 aliphatic rings. The zero-order chi connectivity index (χ0) is 16.7. The van der Waals surface area contributed by atoms with Crippen molar-refractivity contribution in [3.8, 4) is 11.5 Å². The molecule has 0 heterocycles. The first-order valence-corrected chi connectivity index (χ1v) is 7.40. The number of hydrogen-bond acceptors (Lipinski definition) is 3. The van der Waals surface area contributed by atoms with Crippen molar-refractivity contribution in [2.24, 2.45) is 0 Å². The molecule has 0 atom stereocenters. The van der Waals surface area contributed by atoms with E-state index in [2.05, 4.69) is 5.32 Å². The highest BCUT2D eigenvalue weighted by Gasteiger charge is 2.06. The molecule has 0 unspecified atom stereocenters. The lowest BCUT2D eigenvalue weighted by Crippen LogP contribution is -2.32. The van der Waals surface area contributed by atoms with E-state index in [-0.39, 0.29) is 18.3 Å². The Kier molecular flexibility index (Phi) is 5.97. The summed E-state index contributed by atoms with van der Waals surface area (Å²) >= 11 is 0. The van der Waals surface area contributed by atoms with Crippen LogP contribution in [-0.2, 0) is 4.79 Å². The first-order chi connectivity index (χ1) is 11.1. The Balaban J connectivity index is 1.69. The highest BCUT2D eigenvalue weighted by molar-refractivity contribution is 5.77. The largest absolute Gasteiger partial charge is 0.491 e. The van der Waals surface area contributed by atoms with Gasteiger partial charge in [0.25, 0.3) is 5.91 Å². The van der Waals surface area contributed by atoms with Crippen LogP contribution in [0.25, 0.3) is 0 Å². The third-order valence-corrected chi connectivity index (χ3v) is 3.22. The van der Waals surface area contributed by atoms with E-state index in [1.54, 1.807) is 12.1 Å². The molecule has 0 fully saturated rings. The maximum absolute atomic E-state index is 13.3. The molecule has 4 nitrogen and oxygen atoms in total. The summed E-state index contributed by atoms with van der Waals surface area (Å²) in [5, 5.41) is 2.67. The van der Waals surface area contributed by atoms with E-state index >= 15 is 0 Å². The fourth-order valence-corrected chi connectivity index (χ4v) is 1.97. The molecule has 0 spiro atoms. The van der Waals surface area contributed by atoms with Gasteiger partial charge < -0.3 is 14.8 Å². The predicted octanol–water partition coefficient (Wildman–Crippen LogP) is 3.02. The van der Waals surface area contributed by atoms with E-state index < -0.39 is 5.82 Å². The molecule has 0 radical (unpaired) electrons. The van der Waals surface area contributed by atoms with E-state index in [0.29, 0.717) is 13.2 Å². The van der Waals surface area contributed by atoms with Crippen molar-refractivity contribution in [1.29, 1.82) is 0 Å². The molecular formula is C18H20FNO3. The van der Waals surface area contributed by atoms with Gasteiger partial charge in [-0.15, -0.1) is 0 Å². The van der Waals surface area contributed by atoms with Gasteiger partial charge in [0, 0.05) is 0 Å². The van der Waals surface area contributed by atoms with Crippen molar-refractivity contribution < 1.29 is 18.7 Å². The molecule has 0 aliphatic carbocycles. The van der Waals surface area contributed by atoms with Gasteiger partial charge in [-0.3, -0.25) is 4.79 Å². The zero-order valence-corrected chi connectivity index (χ0v) is 13.3. The van der Waals surface area contributed by atoms with Crippen LogP contribution in [0.1, 0.15) is 11.1 Å². The number of ether oxygens (including phenoxy) is 2. The van der Waals surface area contributed by atoms with Crippen molar-refractivity contribution in [2.75, 3.05) is 19.8 Å². The Morgan fingerprint density at radius 1 is 1.09 bits per heavy atom. The molecule has 0 saturated heterocycles. The summed E-state index contributed by atoms with van der Waals surface area (Å²) in [6.07, 6.45) is 0. The molecule has 1 amide bonds. The van der Waals surface area contributed by atoms with Crippen molar-refractivity contribution in [3.63, 3.8) is 0 Å². The summed E-state index contributed by atoms with van der Waals surface area (Å²) < 4.78 is 24.1. The lowest BCUT2D eigenvalue weighted by molar-refractivity contribution is -0.123. The number of aryl methyl sites for hydroxylation is 2. The van der Waals surface area contributed by atoms with E-state index in [1.807, 2.05) is 32.0 Å². The van der Waals surface area contributed by atoms with Gasteiger partial charge in [-0.05, 0) is 43.2 Å². The molecule has 1 N–H and O–H groups in total. The van der Waals surface area contributed by atoms with Gasteiger partial charge in [0.15, 0.2) is 18.2 Å². The summed E-state index contributed by atoms with van der Waals surface area (Å²) in [4.78, 5) is 11.6. The van der Waals surface area contributed by atoms with Crippen molar-refractivity contribution >= 4 is 5.91 Å². The summed E-state index contributed by atoms with van der Waals surface area (Å²) in [7, 11) is 0. The van der Waals surface area contributed by atoms with Gasteiger partial charge >= 0.3 is 0 Å². The molecule has 5 heteroatoms. The number of carbonyl (C=O) groups excluding carboxylic acids is 1. The van der Waals surface area contributed by atoms with E-state index in [9.17, 15) is 9.18 Å². The number of amides is 1. The third-order valence-electron chi connectivity index (χ3n) is 3.22. The van der Waals surface area contributed by atoms with Crippen molar-refractivity contribution in [3.05, 3.63) is 59.4 Å². The minimum atomic E-state index is -0.487. The number of nitrogens with one attached hydrogen (secondary N) is 1. The van der Waals surface area contributed by atoms with Crippen LogP contribution in [0.3, 0.4) is 0 Å². The molecule has 2 aromatic carbocycles. The Labute approximate surface area is 135 Å². The minimum Gasteiger partial charge on any atom is -0.491 e. The number of para-hydroxylation sites is 1. The maximum Gasteiger partial charge on any atom is 0.258 e. The van der Waals surface area contributed by atoms with Gasteiger partial charge in [-0.1, -0.05) is 24.3 Å². The Morgan fingerprint density at radius 3 is 2.65 bits per heavy atom.